The summed E-state index contributed by atoms with van der Waals surface area (Å²) in [6.07, 6.45) is 10.6. The van der Waals surface area contributed by atoms with Crippen molar-refractivity contribution in [1.82, 2.24) is 0 Å². The van der Waals surface area contributed by atoms with Crippen molar-refractivity contribution in [1.29, 1.82) is 0 Å². The Morgan fingerprint density at radius 1 is 0.885 bits per heavy atom. The number of ether oxygens (including phenoxy) is 2. The predicted molar refractivity (Wildman–Crippen MR) is 97.7 cm³/mol. The van der Waals surface area contributed by atoms with Crippen molar-refractivity contribution in [2.45, 2.75) is 37.9 Å². The molecule has 0 radical (unpaired) electrons. The maximum Gasteiger partial charge on any atom is 0.103 e. The molecule has 2 heterocycles. The number of benzene rings is 1. The van der Waals surface area contributed by atoms with Gasteiger partial charge < -0.3 is 25.1 Å². The molecule has 142 valence electrons. The van der Waals surface area contributed by atoms with Crippen molar-refractivity contribution < 1.29 is 19.9 Å². The quantitative estimate of drug-likeness (QED) is 0.740. The number of rotatable bonds is 6. The van der Waals surface area contributed by atoms with Crippen molar-refractivity contribution in [3.05, 3.63) is 45.8 Å². The molecule has 1 aromatic rings. The molecule has 2 N–H and O–H groups in total. The highest BCUT2D eigenvalue weighted by Gasteiger charge is 2.15. The van der Waals surface area contributed by atoms with Crippen LogP contribution < -0.4 is 10.5 Å². The Kier molecular flexibility index (Phi) is 6.25. The molecular weight excluding hydrogens is 340 g/mol. The Balaban J connectivity index is 1.93. The third-order valence-electron chi connectivity index (χ3n) is 4.50. The van der Waals surface area contributed by atoms with Crippen LogP contribution in [0, 0.1) is 10.4 Å². The van der Waals surface area contributed by atoms with Crippen LogP contribution >= 0.6 is 0 Å². The monoisotopic (exact) mass is 362 g/mol. The molecule has 0 amide bonds. The first-order valence-electron chi connectivity index (χ1n) is 8.64. The van der Waals surface area contributed by atoms with Gasteiger partial charge in [0.05, 0.1) is 12.2 Å². The van der Waals surface area contributed by atoms with E-state index in [0.717, 1.165) is 31.7 Å². The van der Waals surface area contributed by atoms with Crippen LogP contribution in [0.4, 0.5) is 11.4 Å². The van der Waals surface area contributed by atoms with E-state index < -0.39 is 5.23 Å². The molecule has 2 fully saturated rings. The predicted octanol–water partition coefficient (Wildman–Crippen LogP) is 3.46. The van der Waals surface area contributed by atoms with Crippen molar-refractivity contribution in [3.63, 3.8) is 0 Å². The van der Waals surface area contributed by atoms with E-state index >= 15 is 0 Å². The second kappa shape index (κ2) is 8.63. The van der Waals surface area contributed by atoms with E-state index in [1.807, 2.05) is 6.08 Å². The summed E-state index contributed by atoms with van der Waals surface area (Å²) in [5, 5.41) is 41.1. The first kappa shape index (κ1) is 18.8. The zero-order chi connectivity index (χ0) is 18.5. The second-order valence-electron chi connectivity index (χ2n) is 6.34. The second-order valence-corrected chi connectivity index (χ2v) is 6.34. The third kappa shape index (κ3) is 4.61. The molecule has 0 spiro atoms. The molecule has 0 aliphatic carbocycles. The largest absolute Gasteiger partial charge is 0.769 e. The summed E-state index contributed by atoms with van der Waals surface area (Å²) in [6.45, 7) is 1.39. The first-order chi connectivity index (χ1) is 12.5. The van der Waals surface area contributed by atoms with E-state index in [1.165, 1.54) is 0 Å². The summed E-state index contributed by atoms with van der Waals surface area (Å²) in [5.74, 6) is 0. The van der Waals surface area contributed by atoms with Crippen LogP contribution in [0.3, 0.4) is 0 Å². The van der Waals surface area contributed by atoms with Gasteiger partial charge in [-0.1, -0.05) is 24.3 Å². The zero-order valence-electron chi connectivity index (χ0n) is 14.3. The first-order valence-corrected chi connectivity index (χ1v) is 8.64. The summed E-state index contributed by atoms with van der Waals surface area (Å²) >= 11 is 0. The van der Waals surface area contributed by atoms with E-state index in [4.69, 9.17) is 9.47 Å². The summed E-state index contributed by atoms with van der Waals surface area (Å²) in [4.78, 5) is 0. The smallest absolute Gasteiger partial charge is 0.103 e. The van der Waals surface area contributed by atoms with Gasteiger partial charge in [-0.15, -0.1) is 5.23 Å². The lowest BCUT2D eigenvalue weighted by molar-refractivity contribution is 0.0291. The van der Waals surface area contributed by atoms with E-state index in [9.17, 15) is 20.8 Å². The summed E-state index contributed by atoms with van der Waals surface area (Å²) in [7, 11) is 0. The Morgan fingerprint density at radius 3 is 1.85 bits per heavy atom. The van der Waals surface area contributed by atoms with Gasteiger partial charge in [-0.3, -0.25) is 10.4 Å². The lowest BCUT2D eigenvalue weighted by atomic mass is 10.0. The minimum atomic E-state index is -0.546. The van der Waals surface area contributed by atoms with Gasteiger partial charge in [-0.25, -0.2) is 0 Å². The van der Waals surface area contributed by atoms with Gasteiger partial charge in [-0.2, -0.15) is 0 Å². The summed E-state index contributed by atoms with van der Waals surface area (Å²) in [5.41, 5.74) is 0.544. The number of anilines is 2. The highest BCUT2D eigenvalue weighted by atomic mass is 16.8. The minimum Gasteiger partial charge on any atom is -0.769 e. The molecule has 2 aliphatic rings. The zero-order valence-corrected chi connectivity index (χ0v) is 14.3. The van der Waals surface area contributed by atoms with Crippen LogP contribution in [-0.4, -0.2) is 35.8 Å². The standard InChI is InChI=1S/C18H22N2O6/c21-19(22)17-12-18(20(23)24)14(6-8-16-4-2-10-26-16)11-13(17)5-7-15-3-1-9-25-15/h5-8,11-12,15-16,21-22H,1-4,9-10H2/q-2/t15-,16-/m1/s1. The molecular formula is C18H22N2O6-2. The molecule has 2 saturated heterocycles. The maximum atomic E-state index is 11.4. The molecule has 26 heavy (non-hydrogen) atoms. The molecule has 2 atom stereocenters. The highest BCUT2D eigenvalue weighted by molar-refractivity contribution is 5.79. The fourth-order valence-electron chi connectivity index (χ4n) is 3.14. The summed E-state index contributed by atoms with van der Waals surface area (Å²) in [6, 6.07) is 2.70. The fraction of sp³-hybridized carbons (Fsp3) is 0.444. The van der Waals surface area contributed by atoms with Crippen molar-refractivity contribution in [3.8, 4) is 0 Å². The van der Waals surface area contributed by atoms with Crippen molar-refractivity contribution >= 4 is 23.5 Å². The Morgan fingerprint density at radius 2 is 1.42 bits per heavy atom. The van der Waals surface area contributed by atoms with Gasteiger partial charge in [0.2, 0.25) is 0 Å². The van der Waals surface area contributed by atoms with Crippen LogP contribution in [0.2, 0.25) is 0 Å². The number of nitrogens with zero attached hydrogens (tertiary/aromatic N) is 2. The average molecular weight is 362 g/mol. The van der Waals surface area contributed by atoms with Gasteiger partial charge in [0, 0.05) is 24.5 Å². The van der Waals surface area contributed by atoms with E-state index in [2.05, 4.69) is 0 Å². The minimum absolute atomic E-state index is 0.0326. The third-order valence-corrected chi connectivity index (χ3v) is 4.50. The molecule has 1 aromatic carbocycles. The van der Waals surface area contributed by atoms with Gasteiger partial charge >= 0.3 is 0 Å². The number of hydrogen-bond donors (Lipinski definition) is 2. The molecule has 0 bridgehead atoms. The van der Waals surface area contributed by atoms with Crippen LogP contribution in [0.15, 0.2) is 24.3 Å². The van der Waals surface area contributed by atoms with Crippen LogP contribution in [0.5, 0.6) is 0 Å². The molecule has 8 nitrogen and oxygen atoms in total. The Bertz CT molecular complexity index is 609. The highest BCUT2D eigenvalue weighted by Crippen LogP contribution is 2.32. The van der Waals surface area contributed by atoms with Crippen LogP contribution in [0.25, 0.3) is 12.2 Å². The Hall–Kier alpha value is -1.94. The molecule has 2 aliphatic heterocycles. The maximum absolute atomic E-state index is 11.4. The molecule has 8 heteroatoms. The van der Waals surface area contributed by atoms with Crippen LogP contribution in [-0.2, 0) is 9.47 Å². The molecule has 3 rings (SSSR count). The normalized spacial score (nSPS) is 23.4. The number of hydrogen-bond acceptors (Lipinski definition) is 8. The van der Waals surface area contributed by atoms with Gasteiger partial charge in [0.25, 0.3) is 0 Å². The molecule has 0 saturated carbocycles. The molecule has 0 unspecified atom stereocenters. The Labute approximate surface area is 151 Å². The van der Waals surface area contributed by atoms with E-state index in [0.29, 0.717) is 24.3 Å². The lowest BCUT2D eigenvalue weighted by Gasteiger charge is -2.39. The van der Waals surface area contributed by atoms with Gasteiger partial charge in [0.15, 0.2) is 0 Å². The fourth-order valence-corrected chi connectivity index (χ4v) is 3.14. The van der Waals surface area contributed by atoms with E-state index in [1.54, 1.807) is 24.3 Å². The van der Waals surface area contributed by atoms with Crippen LogP contribution in [0.1, 0.15) is 36.8 Å². The molecule has 0 aromatic heterocycles. The van der Waals surface area contributed by atoms with E-state index in [-0.39, 0.29) is 28.8 Å². The SMILES string of the molecule is [O-]N([O-])c1cc(N(O)O)c(C=C[C@H]2CCCO2)cc1C=C[C@H]1CCCO1. The topological polar surface area (TPSA) is 112 Å². The average Bonchev–Trinajstić information content (AvgIpc) is 3.31. The van der Waals surface area contributed by atoms with Gasteiger partial charge in [0.1, 0.15) is 5.69 Å². The van der Waals surface area contributed by atoms with Crippen molar-refractivity contribution in [2.75, 3.05) is 23.7 Å². The summed E-state index contributed by atoms with van der Waals surface area (Å²) < 4.78 is 11.0. The van der Waals surface area contributed by atoms with Gasteiger partial charge in [-0.05, 0) is 43.4 Å². The lowest BCUT2D eigenvalue weighted by Crippen LogP contribution is -2.15. The van der Waals surface area contributed by atoms with Crippen molar-refractivity contribution in [2.24, 2.45) is 0 Å².